The van der Waals surface area contributed by atoms with E-state index >= 15 is 0 Å². The molecule has 0 unspecified atom stereocenters. The Kier molecular flexibility index (Phi) is 3.40. The second-order valence-corrected chi connectivity index (χ2v) is 4.25. The van der Waals surface area contributed by atoms with Gasteiger partial charge in [0.05, 0.1) is 17.3 Å². The summed E-state index contributed by atoms with van der Waals surface area (Å²) in [6.07, 6.45) is 1.89. The minimum absolute atomic E-state index is 0.0513. The van der Waals surface area contributed by atoms with Crippen LogP contribution in [0.5, 0.6) is 0 Å². The highest BCUT2D eigenvalue weighted by atomic mass is 16.2. The van der Waals surface area contributed by atoms with Gasteiger partial charge in [0.1, 0.15) is 6.07 Å². The third-order valence-corrected chi connectivity index (χ3v) is 3.02. The number of hydrogen-bond donors (Lipinski definition) is 2. The number of aryl methyl sites for hydroxylation is 1. The van der Waals surface area contributed by atoms with E-state index in [9.17, 15) is 4.79 Å². The third kappa shape index (κ3) is 2.45. The number of hydrogen-bond acceptors (Lipinski definition) is 3. The fourth-order valence-electron chi connectivity index (χ4n) is 2.05. The van der Waals surface area contributed by atoms with Crippen LogP contribution in [-0.4, -0.2) is 18.5 Å². The molecule has 1 aliphatic rings. The molecule has 0 radical (unpaired) electrons. The number of benzene rings is 1. The van der Waals surface area contributed by atoms with E-state index in [1.54, 1.807) is 6.07 Å². The van der Waals surface area contributed by atoms with Crippen molar-refractivity contribution in [2.75, 3.05) is 11.9 Å². The number of nitrogens with one attached hydrogen (secondary N) is 2. The molecule has 2 rings (SSSR count). The maximum Gasteiger partial charge on any atom is 0.241 e. The molecule has 1 fully saturated rings. The van der Waals surface area contributed by atoms with Crippen LogP contribution in [0.2, 0.25) is 0 Å². The number of anilines is 1. The predicted octanol–water partition coefficient (Wildman–Crippen LogP) is 1.56. The molecule has 0 bridgehead atoms. The van der Waals surface area contributed by atoms with Gasteiger partial charge in [-0.2, -0.15) is 5.26 Å². The van der Waals surface area contributed by atoms with Gasteiger partial charge >= 0.3 is 0 Å². The van der Waals surface area contributed by atoms with Gasteiger partial charge in [-0.15, -0.1) is 0 Å². The Morgan fingerprint density at radius 3 is 3.06 bits per heavy atom. The van der Waals surface area contributed by atoms with Gasteiger partial charge in [-0.25, -0.2) is 0 Å². The number of carbonyl (C=O) groups is 1. The molecule has 0 saturated carbocycles. The Hall–Kier alpha value is -1.86. The van der Waals surface area contributed by atoms with E-state index in [2.05, 4.69) is 16.7 Å². The van der Waals surface area contributed by atoms with Crippen molar-refractivity contribution in [1.29, 1.82) is 5.26 Å². The summed E-state index contributed by atoms with van der Waals surface area (Å²) in [7, 11) is 0. The number of rotatable bonds is 2. The van der Waals surface area contributed by atoms with Crippen molar-refractivity contribution in [3.05, 3.63) is 29.3 Å². The minimum atomic E-state index is -0.123. The molecule has 1 aromatic rings. The third-order valence-electron chi connectivity index (χ3n) is 3.02. The van der Waals surface area contributed by atoms with Crippen LogP contribution in [0.1, 0.15) is 24.0 Å². The van der Waals surface area contributed by atoms with E-state index < -0.39 is 0 Å². The van der Waals surface area contributed by atoms with Crippen molar-refractivity contribution < 1.29 is 4.79 Å². The van der Waals surface area contributed by atoms with E-state index in [1.807, 2.05) is 19.1 Å². The maximum absolute atomic E-state index is 11.9. The lowest BCUT2D eigenvalue weighted by atomic mass is 10.1. The second kappa shape index (κ2) is 4.98. The topological polar surface area (TPSA) is 64.9 Å². The molecular weight excluding hydrogens is 214 g/mol. The van der Waals surface area contributed by atoms with Gasteiger partial charge in [0, 0.05) is 0 Å². The van der Waals surface area contributed by atoms with Crippen LogP contribution < -0.4 is 10.6 Å². The highest BCUT2D eigenvalue weighted by molar-refractivity contribution is 5.96. The summed E-state index contributed by atoms with van der Waals surface area (Å²) in [5.41, 5.74) is 2.02. The SMILES string of the molecule is Cc1cccc(NC(=O)[C@@H]2CCCN2)c1C#N. The van der Waals surface area contributed by atoms with E-state index in [-0.39, 0.29) is 11.9 Å². The molecule has 1 amide bonds. The highest BCUT2D eigenvalue weighted by Gasteiger charge is 2.22. The lowest BCUT2D eigenvalue weighted by Crippen LogP contribution is -2.35. The van der Waals surface area contributed by atoms with Crippen LogP contribution in [0.3, 0.4) is 0 Å². The highest BCUT2D eigenvalue weighted by Crippen LogP contribution is 2.19. The van der Waals surface area contributed by atoms with E-state index in [0.717, 1.165) is 24.9 Å². The van der Waals surface area contributed by atoms with Crippen LogP contribution >= 0.6 is 0 Å². The quantitative estimate of drug-likeness (QED) is 0.808. The van der Waals surface area contributed by atoms with Crippen molar-refractivity contribution in [3.63, 3.8) is 0 Å². The molecule has 17 heavy (non-hydrogen) atoms. The summed E-state index contributed by atoms with van der Waals surface area (Å²) in [5, 5.41) is 15.0. The molecule has 1 saturated heterocycles. The molecule has 1 heterocycles. The zero-order chi connectivity index (χ0) is 12.3. The normalized spacial score (nSPS) is 18.7. The summed E-state index contributed by atoms with van der Waals surface area (Å²) in [4.78, 5) is 11.9. The van der Waals surface area contributed by atoms with Gasteiger partial charge in [0.15, 0.2) is 0 Å². The number of amides is 1. The molecule has 2 N–H and O–H groups in total. The van der Waals surface area contributed by atoms with E-state index in [1.165, 1.54) is 0 Å². The molecule has 0 aliphatic carbocycles. The van der Waals surface area contributed by atoms with Crippen molar-refractivity contribution in [2.24, 2.45) is 0 Å². The molecule has 88 valence electrons. The first-order valence-electron chi connectivity index (χ1n) is 5.76. The molecule has 0 aromatic heterocycles. The molecular formula is C13H15N3O. The average Bonchev–Trinajstić information content (AvgIpc) is 2.82. The van der Waals surface area contributed by atoms with E-state index in [0.29, 0.717) is 11.3 Å². The fourth-order valence-corrected chi connectivity index (χ4v) is 2.05. The molecule has 1 atom stereocenters. The lowest BCUT2D eigenvalue weighted by Gasteiger charge is -2.12. The first kappa shape index (κ1) is 11.6. The van der Waals surface area contributed by atoms with Crippen LogP contribution in [0.25, 0.3) is 0 Å². The number of nitrogens with zero attached hydrogens (tertiary/aromatic N) is 1. The summed E-state index contributed by atoms with van der Waals surface area (Å²) in [6, 6.07) is 7.47. The lowest BCUT2D eigenvalue weighted by molar-refractivity contribution is -0.117. The Balaban J connectivity index is 2.16. The first-order chi connectivity index (χ1) is 8.22. The smallest absolute Gasteiger partial charge is 0.241 e. The van der Waals surface area contributed by atoms with Crippen LogP contribution in [0.4, 0.5) is 5.69 Å². The fraction of sp³-hybridized carbons (Fsp3) is 0.385. The standard InChI is InChI=1S/C13H15N3O/c1-9-4-2-5-11(10(9)8-14)16-13(17)12-6-3-7-15-12/h2,4-5,12,15H,3,6-7H2,1H3,(H,16,17)/t12-/m0/s1. The molecule has 4 heteroatoms. The van der Waals surface area contributed by atoms with E-state index in [4.69, 9.17) is 5.26 Å². The Morgan fingerprint density at radius 1 is 1.59 bits per heavy atom. The first-order valence-corrected chi connectivity index (χ1v) is 5.76. The monoisotopic (exact) mass is 229 g/mol. The summed E-state index contributed by atoms with van der Waals surface area (Å²) >= 11 is 0. The van der Waals surface area contributed by atoms with Crippen LogP contribution in [-0.2, 0) is 4.79 Å². The Labute approximate surface area is 101 Å². The van der Waals surface area contributed by atoms with Crippen molar-refractivity contribution in [2.45, 2.75) is 25.8 Å². The van der Waals surface area contributed by atoms with Crippen molar-refractivity contribution >= 4 is 11.6 Å². The van der Waals surface area contributed by atoms with Crippen molar-refractivity contribution in [1.82, 2.24) is 5.32 Å². The van der Waals surface area contributed by atoms with Gasteiger partial charge in [-0.3, -0.25) is 4.79 Å². The van der Waals surface area contributed by atoms with Crippen molar-refractivity contribution in [3.8, 4) is 6.07 Å². The summed E-state index contributed by atoms with van der Waals surface area (Å²) < 4.78 is 0. The summed E-state index contributed by atoms with van der Waals surface area (Å²) in [6.45, 7) is 2.75. The zero-order valence-corrected chi connectivity index (χ0v) is 9.79. The van der Waals surface area contributed by atoms with Gasteiger partial charge in [-0.05, 0) is 37.9 Å². The maximum atomic E-state index is 11.9. The molecule has 4 nitrogen and oxygen atoms in total. The minimum Gasteiger partial charge on any atom is -0.324 e. The van der Waals surface area contributed by atoms with Gasteiger partial charge in [-0.1, -0.05) is 12.1 Å². The van der Waals surface area contributed by atoms with Gasteiger partial charge in [0.2, 0.25) is 5.91 Å². The summed E-state index contributed by atoms with van der Waals surface area (Å²) in [5.74, 6) is -0.0513. The number of carbonyl (C=O) groups excluding carboxylic acids is 1. The van der Waals surface area contributed by atoms with Crippen LogP contribution in [0, 0.1) is 18.3 Å². The van der Waals surface area contributed by atoms with Crippen LogP contribution in [0.15, 0.2) is 18.2 Å². The molecule has 0 spiro atoms. The molecule has 1 aliphatic heterocycles. The largest absolute Gasteiger partial charge is 0.324 e. The van der Waals surface area contributed by atoms with Gasteiger partial charge < -0.3 is 10.6 Å². The number of nitriles is 1. The Bertz CT molecular complexity index is 470. The second-order valence-electron chi connectivity index (χ2n) is 4.25. The predicted molar refractivity (Wildman–Crippen MR) is 65.5 cm³/mol. The Morgan fingerprint density at radius 2 is 2.41 bits per heavy atom. The zero-order valence-electron chi connectivity index (χ0n) is 9.79. The average molecular weight is 229 g/mol. The molecule has 1 aromatic carbocycles. The van der Waals surface area contributed by atoms with Gasteiger partial charge in [0.25, 0.3) is 0 Å².